The van der Waals surface area contributed by atoms with Gasteiger partial charge in [-0.25, -0.2) is 0 Å². The normalized spacial score (nSPS) is 13.1. The average Bonchev–Trinajstić information content (AvgIpc) is 2.46. The van der Waals surface area contributed by atoms with Crippen molar-refractivity contribution in [1.29, 1.82) is 0 Å². The van der Waals surface area contributed by atoms with Crippen LogP contribution in [-0.4, -0.2) is 16.2 Å². The molecule has 0 aliphatic heterocycles. The Labute approximate surface area is 121 Å². The molecule has 2 rings (SSSR count). The van der Waals surface area contributed by atoms with Crippen molar-refractivity contribution < 1.29 is 18.3 Å². The van der Waals surface area contributed by atoms with Crippen molar-refractivity contribution >= 4 is 0 Å². The van der Waals surface area contributed by atoms with Crippen LogP contribution in [0.25, 0.3) is 0 Å². The molecule has 2 nitrogen and oxygen atoms in total. The Hall–Kier alpha value is -1.88. The fraction of sp³-hybridized carbons (Fsp3) is 0.312. The fourth-order valence-electron chi connectivity index (χ4n) is 2.13. The minimum absolute atomic E-state index is 0.212. The second-order valence-electron chi connectivity index (χ2n) is 4.96. The van der Waals surface area contributed by atoms with Gasteiger partial charge < -0.3 is 5.11 Å². The highest BCUT2D eigenvalue weighted by molar-refractivity contribution is 5.26. The summed E-state index contributed by atoms with van der Waals surface area (Å²) in [5, 5.41) is 9.96. The minimum Gasteiger partial charge on any atom is -0.393 e. The molecule has 0 saturated carbocycles. The largest absolute Gasteiger partial charge is 0.416 e. The van der Waals surface area contributed by atoms with Crippen LogP contribution in [0.4, 0.5) is 13.2 Å². The van der Waals surface area contributed by atoms with Gasteiger partial charge in [-0.05, 0) is 42.5 Å². The predicted molar refractivity (Wildman–Crippen MR) is 73.7 cm³/mol. The first-order valence-electron chi connectivity index (χ1n) is 6.68. The molecule has 2 aromatic rings. The van der Waals surface area contributed by atoms with Crippen LogP contribution in [0.5, 0.6) is 0 Å². The number of pyridine rings is 1. The number of hydrogen-bond donors (Lipinski definition) is 1. The van der Waals surface area contributed by atoms with E-state index in [1.165, 1.54) is 6.07 Å². The number of aromatic nitrogens is 1. The number of hydrogen-bond acceptors (Lipinski definition) is 2. The van der Waals surface area contributed by atoms with Gasteiger partial charge in [-0.2, -0.15) is 13.2 Å². The first-order valence-corrected chi connectivity index (χ1v) is 6.68. The molecule has 1 aromatic carbocycles. The maximum Gasteiger partial charge on any atom is 0.416 e. The topological polar surface area (TPSA) is 33.1 Å². The molecule has 0 amide bonds. The van der Waals surface area contributed by atoms with Gasteiger partial charge in [-0.15, -0.1) is 0 Å². The van der Waals surface area contributed by atoms with Gasteiger partial charge in [0.25, 0.3) is 0 Å². The van der Waals surface area contributed by atoms with Crippen molar-refractivity contribution in [1.82, 2.24) is 4.98 Å². The molecule has 0 radical (unpaired) electrons. The van der Waals surface area contributed by atoms with E-state index in [2.05, 4.69) is 4.98 Å². The van der Waals surface area contributed by atoms with Crippen LogP contribution in [0.3, 0.4) is 0 Å². The van der Waals surface area contributed by atoms with E-state index >= 15 is 0 Å². The molecule has 1 unspecified atom stereocenters. The van der Waals surface area contributed by atoms with Crippen LogP contribution in [0.15, 0.2) is 48.8 Å². The van der Waals surface area contributed by atoms with E-state index in [0.717, 1.165) is 17.7 Å². The van der Waals surface area contributed by atoms with Crippen LogP contribution in [0.1, 0.15) is 23.1 Å². The molecule has 0 bridgehead atoms. The van der Waals surface area contributed by atoms with E-state index in [1.54, 1.807) is 18.5 Å². The van der Waals surface area contributed by atoms with Crippen LogP contribution >= 0.6 is 0 Å². The van der Waals surface area contributed by atoms with Gasteiger partial charge in [0.1, 0.15) is 0 Å². The lowest BCUT2D eigenvalue weighted by atomic mass is 10.0. The third kappa shape index (κ3) is 4.86. The van der Waals surface area contributed by atoms with E-state index < -0.39 is 17.8 Å². The average molecular weight is 295 g/mol. The molecule has 0 spiro atoms. The van der Waals surface area contributed by atoms with Crippen molar-refractivity contribution in [2.45, 2.75) is 31.5 Å². The summed E-state index contributed by atoms with van der Waals surface area (Å²) in [5.41, 5.74) is 0.809. The van der Waals surface area contributed by atoms with Crippen LogP contribution in [0, 0.1) is 0 Å². The zero-order valence-corrected chi connectivity index (χ0v) is 11.3. The lowest BCUT2D eigenvalue weighted by Gasteiger charge is -2.12. The van der Waals surface area contributed by atoms with Crippen molar-refractivity contribution in [2.75, 3.05) is 0 Å². The molecule has 5 heteroatoms. The van der Waals surface area contributed by atoms with E-state index in [9.17, 15) is 18.3 Å². The van der Waals surface area contributed by atoms with Gasteiger partial charge in [-0.3, -0.25) is 4.98 Å². The summed E-state index contributed by atoms with van der Waals surface area (Å²) in [5.74, 6) is 0. The zero-order valence-electron chi connectivity index (χ0n) is 11.3. The van der Waals surface area contributed by atoms with Gasteiger partial charge >= 0.3 is 6.18 Å². The van der Waals surface area contributed by atoms with E-state index in [4.69, 9.17) is 0 Å². The number of nitrogens with zero attached hydrogens (tertiary/aromatic N) is 1. The van der Waals surface area contributed by atoms with E-state index in [1.807, 2.05) is 12.1 Å². The van der Waals surface area contributed by atoms with Gasteiger partial charge in [0.2, 0.25) is 0 Å². The van der Waals surface area contributed by atoms with Crippen LogP contribution in [-0.2, 0) is 19.0 Å². The summed E-state index contributed by atoms with van der Waals surface area (Å²) in [4.78, 5) is 3.98. The Morgan fingerprint density at radius 3 is 2.52 bits per heavy atom. The highest BCUT2D eigenvalue weighted by Crippen LogP contribution is 2.29. The molecule has 1 heterocycles. The molecule has 0 fully saturated rings. The second-order valence-corrected chi connectivity index (χ2v) is 4.96. The summed E-state index contributed by atoms with van der Waals surface area (Å²) < 4.78 is 37.8. The SMILES string of the molecule is OC(CCc1cccnc1)Cc1cccc(C(F)(F)F)c1. The third-order valence-electron chi connectivity index (χ3n) is 3.21. The van der Waals surface area contributed by atoms with Crippen molar-refractivity contribution in [3.63, 3.8) is 0 Å². The monoisotopic (exact) mass is 295 g/mol. The van der Waals surface area contributed by atoms with E-state index in [0.29, 0.717) is 18.4 Å². The molecule has 112 valence electrons. The number of rotatable bonds is 5. The summed E-state index contributed by atoms with van der Waals surface area (Å²) >= 11 is 0. The smallest absolute Gasteiger partial charge is 0.393 e. The van der Waals surface area contributed by atoms with Gasteiger partial charge in [0.15, 0.2) is 0 Å². The Bertz CT molecular complexity index is 569. The summed E-state index contributed by atoms with van der Waals surface area (Å²) in [6, 6.07) is 8.81. The Balaban J connectivity index is 1.92. The maximum atomic E-state index is 12.6. The van der Waals surface area contributed by atoms with Crippen molar-refractivity contribution in [3.05, 3.63) is 65.5 Å². The molecule has 1 N–H and O–H groups in total. The summed E-state index contributed by atoms with van der Waals surface area (Å²) in [6.45, 7) is 0. The fourth-order valence-corrected chi connectivity index (χ4v) is 2.13. The molecular formula is C16H16F3NO. The number of aliphatic hydroxyl groups excluding tert-OH is 1. The third-order valence-corrected chi connectivity index (χ3v) is 3.21. The molecule has 0 aliphatic carbocycles. The number of halogens is 3. The first-order chi connectivity index (χ1) is 9.95. The molecule has 21 heavy (non-hydrogen) atoms. The standard InChI is InChI=1S/C16H16F3NO/c17-16(18,19)14-5-1-3-13(9-14)10-15(21)7-6-12-4-2-8-20-11-12/h1-5,8-9,11,15,21H,6-7,10H2. The minimum atomic E-state index is -4.35. The Morgan fingerprint density at radius 1 is 1.10 bits per heavy atom. The van der Waals surface area contributed by atoms with Gasteiger partial charge in [0, 0.05) is 12.4 Å². The molecule has 0 aliphatic rings. The van der Waals surface area contributed by atoms with Crippen molar-refractivity contribution in [3.8, 4) is 0 Å². The number of aryl methyl sites for hydroxylation is 1. The summed E-state index contributed by atoms with van der Waals surface area (Å²) in [6.07, 6.45) is -0.287. The molecule has 1 aromatic heterocycles. The molecule has 0 saturated heterocycles. The maximum absolute atomic E-state index is 12.6. The van der Waals surface area contributed by atoms with Gasteiger partial charge in [-0.1, -0.05) is 24.3 Å². The highest BCUT2D eigenvalue weighted by atomic mass is 19.4. The van der Waals surface area contributed by atoms with Crippen LogP contribution in [0.2, 0.25) is 0 Å². The Morgan fingerprint density at radius 2 is 1.86 bits per heavy atom. The number of aliphatic hydroxyl groups is 1. The first kappa shape index (κ1) is 15.5. The summed E-state index contributed by atoms with van der Waals surface area (Å²) in [7, 11) is 0. The highest BCUT2D eigenvalue weighted by Gasteiger charge is 2.30. The lowest BCUT2D eigenvalue weighted by Crippen LogP contribution is -2.13. The lowest BCUT2D eigenvalue weighted by molar-refractivity contribution is -0.137. The van der Waals surface area contributed by atoms with Crippen molar-refractivity contribution in [2.24, 2.45) is 0 Å². The van der Waals surface area contributed by atoms with Crippen LogP contribution < -0.4 is 0 Å². The zero-order chi connectivity index (χ0) is 15.3. The van der Waals surface area contributed by atoms with E-state index in [-0.39, 0.29) is 6.42 Å². The molecular weight excluding hydrogens is 279 g/mol. The number of alkyl halides is 3. The molecule has 1 atom stereocenters. The Kier molecular flexibility index (Phi) is 4.96. The quantitative estimate of drug-likeness (QED) is 0.913. The van der Waals surface area contributed by atoms with Gasteiger partial charge in [0.05, 0.1) is 11.7 Å². The predicted octanol–water partition coefficient (Wildman–Crippen LogP) is 3.64. The second kappa shape index (κ2) is 6.72. The number of benzene rings is 1.